The lowest BCUT2D eigenvalue weighted by molar-refractivity contribution is 0.0998. The molecule has 0 aliphatic carbocycles. The molecule has 114 valence electrons. The SMILES string of the molecule is Cc1ccc2cc(C(=O)Nc3ccc4nc(C)[nH]c4c3)oc2c1. The second kappa shape index (κ2) is 4.98. The molecule has 0 radical (unpaired) electrons. The van der Waals surface area contributed by atoms with E-state index in [-0.39, 0.29) is 5.91 Å². The molecule has 2 aromatic heterocycles. The Bertz CT molecular complexity index is 1040. The van der Waals surface area contributed by atoms with Crippen LogP contribution in [0.25, 0.3) is 22.0 Å². The summed E-state index contributed by atoms with van der Waals surface area (Å²) >= 11 is 0. The number of anilines is 1. The van der Waals surface area contributed by atoms with Crippen LogP contribution in [0, 0.1) is 13.8 Å². The molecule has 2 heterocycles. The molecular weight excluding hydrogens is 290 g/mol. The van der Waals surface area contributed by atoms with E-state index in [9.17, 15) is 4.79 Å². The van der Waals surface area contributed by atoms with Crippen LogP contribution in [0.2, 0.25) is 0 Å². The maximum atomic E-state index is 12.4. The van der Waals surface area contributed by atoms with Crippen molar-refractivity contribution in [2.45, 2.75) is 13.8 Å². The van der Waals surface area contributed by atoms with Gasteiger partial charge in [-0.05, 0) is 49.7 Å². The number of hydrogen-bond donors (Lipinski definition) is 2. The molecule has 0 saturated carbocycles. The molecule has 1 amide bonds. The van der Waals surface area contributed by atoms with E-state index < -0.39 is 0 Å². The van der Waals surface area contributed by atoms with Crippen molar-refractivity contribution < 1.29 is 9.21 Å². The number of imidazole rings is 1. The van der Waals surface area contributed by atoms with Gasteiger partial charge in [0.2, 0.25) is 0 Å². The molecule has 5 nitrogen and oxygen atoms in total. The van der Waals surface area contributed by atoms with Gasteiger partial charge in [0.1, 0.15) is 11.4 Å². The van der Waals surface area contributed by atoms with Crippen LogP contribution in [0.5, 0.6) is 0 Å². The highest BCUT2D eigenvalue weighted by Gasteiger charge is 2.13. The molecule has 0 unspecified atom stereocenters. The number of aromatic amines is 1. The smallest absolute Gasteiger partial charge is 0.291 e. The normalized spacial score (nSPS) is 11.2. The van der Waals surface area contributed by atoms with Crippen molar-refractivity contribution in [2.75, 3.05) is 5.32 Å². The van der Waals surface area contributed by atoms with Gasteiger partial charge in [0.25, 0.3) is 5.91 Å². The van der Waals surface area contributed by atoms with Crippen LogP contribution in [-0.2, 0) is 0 Å². The Morgan fingerprint density at radius 3 is 2.87 bits per heavy atom. The van der Waals surface area contributed by atoms with Gasteiger partial charge in [-0.25, -0.2) is 4.98 Å². The number of aryl methyl sites for hydroxylation is 2. The van der Waals surface area contributed by atoms with E-state index in [1.807, 2.05) is 50.2 Å². The van der Waals surface area contributed by atoms with Crippen LogP contribution in [0.4, 0.5) is 5.69 Å². The summed E-state index contributed by atoms with van der Waals surface area (Å²) < 4.78 is 5.64. The van der Waals surface area contributed by atoms with Gasteiger partial charge in [-0.3, -0.25) is 4.79 Å². The van der Waals surface area contributed by atoms with Crippen LogP contribution in [0.1, 0.15) is 21.9 Å². The molecule has 0 fully saturated rings. The number of H-pyrrole nitrogens is 1. The molecule has 0 aliphatic rings. The molecule has 2 aromatic carbocycles. The van der Waals surface area contributed by atoms with Gasteiger partial charge in [-0.1, -0.05) is 12.1 Å². The number of aromatic nitrogens is 2. The first-order valence-corrected chi connectivity index (χ1v) is 7.36. The minimum atomic E-state index is -0.269. The second-order valence-corrected chi connectivity index (χ2v) is 5.66. The molecule has 0 atom stereocenters. The Hall–Kier alpha value is -3.08. The van der Waals surface area contributed by atoms with Crippen LogP contribution in [0.3, 0.4) is 0 Å². The van der Waals surface area contributed by atoms with E-state index in [0.717, 1.165) is 33.4 Å². The highest BCUT2D eigenvalue weighted by molar-refractivity contribution is 6.05. The summed E-state index contributed by atoms with van der Waals surface area (Å²) in [7, 11) is 0. The summed E-state index contributed by atoms with van der Waals surface area (Å²) in [6.45, 7) is 3.89. The number of fused-ring (bicyclic) bond motifs is 2. The number of furan rings is 1. The lowest BCUT2D eigenvalue weighted by Gasteiger charge is -2.02. The third-order valence-electron chi connectivity index (χ3n) is 3.76. The fraction of sp³-hybridized carbons (Fsp3) is 0.111. The monoisotopic (exact) mass is 305 g/mol. The van der Waals surface area contributed by atoms with E-state index in [0.29, 0.717) is 11.4 Å². The van der Waals surface area contributed by atoms with Gasteiger partial charge in [0.15, 0.2) is 5.76 Å². The fourth-order valence-electron chi connectivity index (χ4n) is 2.66. The second-order valence-electron chi connectivity index (χ2n) is 5.66. The molecule has 5 heteroatoms. The first-order valence-electron chi connectivity index (χ1n) is 7.36. The molecule has 0 spiro atoms. The van der Waals surface area contributed by atoms with Gasteiger partial charge in [-0.2, -0.15) is 0 Å². The maximum absolute atomic E-state index is 12.4. The van der Waals surface area contributed by atoms with Crippen molar-refractivity contribution in [3.05, 3.63) is 59.6 Å². The molecule has 23 heavy (non-hydrogen) atoms. The van der Waals surface area contributed by atoms with Gasteiger partial charge in [0.05, 0.1) is 11.0 Å². The van der Waals surface area contributed by atoms with E-state index in [1.54, 1.807) is 6.07 Å². The number of nitrogens with one attached hydrogen (secondary N) is 2. The van der Waals surface area contributed by atoms with Crippen LogP contribution in [-0.4, -0.2) is 15.9 Å². The Kier molecular flexibility index (Phi) is 2.94. The summed E-state index contributed by atoms with van der Waals surface area (Å²) in [6, 6.07) is 13.2. The molecule has 4 aromatic rings. The summed E-state index contributed by atoms with van der Waals surface area (Å²) in [5.41, 5.74) is 4.27. The maximum Gasteiger partial charge on any atom is 0.291 e. The molecule has 0 saturated heterocycles. The first-order chi connectivity index (χ1) is 11.1. The van der Waals surface area contributed by atoms with E-state index in [1.165, 1.54) is 0 Å². The van der Waals surface area contributed by atoms with Crippen molar-refractivity contribution in [2.24, 2.45) is 0 Å². The minimum absolute atomic E-state index is 0.269. The van der Waals surface area contributed by atoms with Gasteiger partial charge in [0, 0.05) is 11.1 Å². The summed E-state index contributed by atoms with van der Waals surface area (Å²) in [5, 5.41) is 3.77. The number of rotatable bonds is 2. The lowest BCUT2D eigenvalue weighted by Crippen LogP contribution is -2.10. The van der Waals surface area contributed by atoms with Crippen LogP contribution >= 0.6 is 0 Å². The van der Waals surface area contributed by atoms with E-state index in [4.69, 9.17) is 4.42 Å². The topological polar surface area (TPSA) is 70.9 Å². The summed E-state index contributed by atoms with van der Waals surface area (Å²) in [4.78, 5) is 19.9. The zero-order chi connectivity index (χ0) is 16.0. The predicted octanol–water partition coefficient (Wildman–Crippen LogP) is 4.18. The van der Waals surface area contributed by atoms with Crippen molar-refractivity contribution in [3.8, 4) is 0 Å². The predicted molar refractivity (Wildman–Crippen MR) is 89.7 cm³/mol. The number of carbonyl (C=O) groups excluding carboxylic acids is 1. The Labute approximate surface area is 132 Å². The highest BCUT2D eigenvalue weighted by Crippen LogP contribution is 2.22. The van der Waals surface area contributed by atoms with Gasteiger partial charge in [-0.15, -0.1) is 0 Å². The third-order valence-corrected chi connectivity index (χ3v) is 3.76. The molecule has 4 rings (SSSR count). The number of nitrogens with zero attached hydrogens (tertiary/aromatic N) is 1. The molecule has 0 aliphatic heterocycles. The quantitative estimate of drug-likeness (QED) is 0.583. The number of carbonyl (C=O) groups is 1. The molecule has 0 bridgehead atoms. The largest absolute Gasteiger partial charge is 0.451 e. The Morgan fingerprint density at radius 1 is 1.13 bits per heavy atom. The van der Waals surface area contributed by atoms with Crippen LogP contribution < -0.4 is 5.32 Å². The number of benzene rings is 2. The highest BCUT2D eigenvalue weighted by atomic mass is 16.3. The van der Waals surface area contributed by atoms with Crippen LogP contribution in [0.15, 0.2) is 46.9 Å². The molecule has 2 N–H and O–H groups in total. The zero-order valence-electron chi connectivity index (χ0n) is 12.8. The number of hydrogen-bond acceptors (Lipinski definition) is 3. The Morgan fingerprint density at radius 2 is 2.00 bits per heavy atom. The van der Waals surface area contributed by atoms with E-state index >= 15 is 0 Å². The molecular formula is C18H15N3O2. The van der Waals surface area contributed by atoms with Crippen molar-refractivity contribution in [1.82, 2.24) is 9.97 Å². The standard InChI is InChI=1S/C18H15N3O2/c1-10-3-4-12-8-17(23-16(12)7-10)18(22)21-13-5-6-14-15(9-13)20-11(2)19-14/h3-9H,1-2H3,(H,19,20)(H,21,22). The average molecular weight is 305 g/mol. The minimum Gasteiger partial charge on any atom is -0.451 e. The van der Waals surface area contributed by atoms with Gasteiger partial charge >= 0.3 is 0 Å². The lowest BCUT2D eigenvalue weighted by atomic mass is 10.2. The third kappa shape index (κ3) is 2.46. The fourth-order valence-corrected chi connectivity index (χ4v) is 2.66. The average Bonchev–Trinajstić information content (AvgIpc) is 3.08. The zero-order valence-corrected chi connectivity index (χ0v) is 12.8. The van der Waals surface area contributed by atoms with Gasteiger partial charge < -0.3 is 14.7 Å². The number of amides is 1. The van der Waals surface area contributed by atoms with Crippen molar-refractivity contribution in [3.63, 3.8) is 0 Å². The first kappa shape index (κ1) is 13.6. The van der Waals surface area contributed by atoms with Crippen molar-refractivity contribution in [1.29, 1.82) is 0 Å². The van der Waals surface area contributed by atoms with E-state index in [2.05, 4.69) is 15.3 Å². The van der Waals surface area contributed by atoms with Crippen molar-refractivity contribution >= 4 is 33.6 Å². The summed E-state index contributed by atoms with van der Waals surface area (Å²) in [6.07, 6.45) is 0. The Balaban J connectivity index is 1.64. The summed E-state index contributed by atoms with van der Waals surface area (Å²) in [5.74, 6) is 0.872.